The van der Waals surface area contributed by atoms with E-state index < -0.39 is 5.82 Å². The lowest BCUT2D eigenvalue weighted by molar-refractivity contribution is 0.320. The van der Waals surface area contributed by atoms with Crippen LogP contribution in [0.25, 0.3) is 0 Å². The molecule has 0 fully saturated rings. The zero-order valence-corrected chi connectivity index (χ0v) is 10.3. The maximum absolute atomic E-state index is 12.9. The number of anilines is 1. The number of hydrogen-bond donors (Lipinski definition) is 1. The van der Waals surface area contributed by atoms with Crippen molar-refractivity contribution >= 4 is 5.69 Å². The lowest BCUT2D eigenvalue weighted by Crippen LogP contribution is -2.02. The third kappa shape index (κ3) is 2.97. The van der Waals surface area contributed by atoms with Gasteiger partial charge in [0.25, 0.3) is 0 Å². The lowest BCUT2D eigenvalue weighted by atomic mass is 10.3. The molecule has 0 unspecified atom stereocenters. The van der Waals surface area contributed by atoms with Gasteiger partial charge in [-0.1, -0.05) is 0 Å². The second-order valence-electron chi connectivity index (χ2n) is 3.38. The molecule has 0 aliphatic carbocycles. The zero-order valence-electron chi connectivity index (χ0n) is 10.3. The van der Waals surface area contributed by atoms with E-state index >= 15 is 0 Å². The molecular formula is C11H11FN4O3. The first-order chi connectivity index (χ1) is 9.12. The SMILES string of the molecule is COc1nc(OC)nc(Oc2ccc(F)cc2N)n1. The molecule has 19 heavy (non-hydrogen) atoms. The number of benzene rings is 1. The standard InChI is InChI=1S/C11H11FN4O3/c1-17-9-14-10(18-2)16-11(15-9)19-8-4-3-6(12)5-7(8)13/h3-5H,13H2,1-2H3. The van der Waals surface area contributed by atoms with Crippen LogP contribution in [0.1, 0.15) is 0 Å². The van der Waals surface area contributed by atoms with Crippen molar-refractivity contribution in [2.75, 3.05) is 20.0 Å². The first-order valence-corrected chi connectivity index (χ1v) is 5.19. The molecule has 2 N–H and O–H groups in total. The summed E-state index contributed by atoms with van der Waals surface area (Å²) in [5.41, 5.74) is 5.74. The van der Waals surface area contributed by atoms with Crippen LogP contribution in [0.15, 0.2) is 18.2 Å². The third-order valence-corrected chi connectivity index (χ3v) is 2.11. The van der Waals surface area contributed by atoms with Gasteiger partial charge in [-0.05, 0) is 12.1 Å². The van der Waals surface area contributed by atoms with Gasteiger partial charge in [0, 0.05) is 6.07 Å². The van der Waals surface area contributed by atoms with E-state index in [0.29, 0.717) is 0 Å². The maximum atomic E-state index is 12.9. The topological polar surface area (TPSA) is 92.4 Å². The van der Waals surface area contributed by atoms with E-state index in [2.05, 4.69) is 15.0 Å². The Bertz CT molecular complexity index is 572. The molecule has 0 bridgehead atoms. The van der Waals surface area contributed by atoms with Gasteiger partial charge in [-0.15, -0.1) is 15.0 Å². The molecular weight excluding hydrogens is 255 g/mol. The molecule has 0 radical (unpaired) electrons. The first-order valence-electron chi connectivity index (χ1n) is 5.19. The third-order valence-electron chi connectivity index (χ3n) is 2.11. The Morgan fingerprint density at radius 1 is 1.00 bits per heavy atom. The smallest absolute Gasteiger partial charge is 0.331 e. The minimum absolute atomic E-state index is 0.0301. The van der Waals surface area contributed by atoms with Crippen LogP contribution in [0.5, 0.6) is 23.8 Å². The van der Waals surface area contributed by atoms with Crippen molar-refractivity contribution in [3.8, 4) is 23.8 Å². The summed E-state index contributed by atoms with van der Waals surface area (Å²) < 4.78 is 28.0. The van der Waals surface area contributed by atoms with Gasteiger partial charge in [0.2, 0.25) is 0 Å². The molecule has 100 valence electrons. The fourth-order valence-electron chi connectivity index (χ4n) is 1.26. The monoisotopic (exact) mass is 266 g/mol. The van der Waals surface area contributed by atoms with Crippen molar-refractivity contribution in [3.05, 3.63) is 24.0 Å². The van der Waals surface area contributed by atoms with Gasteiger partial charge in [-0.2, -0.15) is 0 Å². The van der Waals surface area contributed by atoms with E-state index in [1.54, 1.807) is 0 Å². The number of halogens is 1. The van der Waals surface area contributed by atoms with Crippen LogP contribution in [0.3, 0.4) is 0 Å². The van der Waals surface area contributed by atoms with Crippen LogP contribution < -0.4 is 19.9 Å². The van der Waals surface area contributed by atoms with Gasteiger partial charge >= 0.3 is 18.0 Å². The molecule has 1 aromatic carbocycles. The molecule has 0 aliphatic rings. The molecule has 7 nitrogen and oxygen atoms in total. The summed E-state index contributed by atoms with van der Waals surface area (Å²) in [6, 6.07) is 3.70. The van der Waals surface area contributed by atoms with Crippen LogP contribution in [-0.4, -0.2) is 29.2 Å². The Morgan fingerprint density at radius 2 is 1.58 bits per heavy atom. The summed E-state index contributed by atoms with van der Waals surface area (Å²) in [6.45, 7) is 0. The largest absolute Gasteiger partial charge is 0.467 e. The number of aromatic nitrogens is 3. The summed E-state index contributed by atoms with van der Waals surface area (Å²) in [5, 5.41) is 0. The molecule has 0 spiro atoms. The summed E-state index contributed by atoms with van der Waals surface area (Å²) in [6.07, 6.45) is 0. The lowest BCUT2D eigenvalue weighted by Gasteiger charge is -2.08. The molecule has 1 aromatic heterocycles. The van der Waals surface area contributed by atoms with Crippen molar-refractivity contribution in [1.29, 1.82) is 0 Å². The number of nitrogen functional groups attached to an aromatic ring is 1. The van der Waals surface area contributed by atoms with Crippen molar-refractivity contribution < 1.29 is 18.6 Å². The number of nitrogens with two attached hydrogens (primary N) is 1. The van der Waals surface area contributed by atoms with Crippen molar-refractivity contribution in [1.82, 2.24) is 15.0 Å². The van der Waals surface area contributed by atoms with E-state index in [0.717, 1.165) is 6.07 Å². The fourth-order valence-corrected chi connectivity index (χ4v) is 1.26. The van der Waals surface area contributed by atoms with Crippen LogP contribution in [0.4, 0.5) is 10.1 Å². The molecule has 2 rings (SSSR count). The molecule has 0 aliphatic heterocycles. The number of methoxy groups -OCH3 is 2. The normalized spacial score (nSPS) is 10.1. The Labute approximate surface area is 108 Å². The van der Waals surface area contributed by atoms with Crippen LogP contribution in [-0.2, 0) is 0 Å². The highest BCUT2D eigenvalue weighted by molar-refractivity contribution is 5.53. The molecule has 0 saturated heterocycles. The van der Waals surface area contributed by atoms with Crippen LogP contribution >= 0.6 is 0 Å². The highest BCUT2D eigenvalue weighted by Gasteiger charge is 2.11. The molecule has 0 saturated carbocycles. The molecule has 0 amide bonds. The summed E-state index contributed by atoms with van der Waals surface area (Å²) in [4.78, 5) is 11.5. The minimum Gasteiger partial charge on any atom is -0.467 e. The van der Waals surface area contributed by atoms with Crippen LogP contribution in [0.2, 0.25) is 0 Å². The highest BCUT2D eigenvalue weighted by Crippen LogP contribution is 2.27. The Balaban J connectivity index is 2.31. The van der Waals surface area contributed by atoms with Crippen LogP contribution in [0, 0.1) is 5.82 Å². The Morgan fingerprint density at radius 3 is 2.11 bits per heavy atom. The Hall–Kier alpha value is -2.64. The number of ether oxygens (including phenoxy) is 3. The first kappa shape index (κ1) is 12.8. The summed E-state index contributed by atoms with van der Waals surface area (Å²) in [7, 11) is 2.79. The highest BCUT2D eigenvalue weighted by atomic mass is 19.1. The van der Waals surface area contributed by atoms with E-state index in [1.807, 2.05) is 0 Å². The van der Waals surface area contributed by atoms with Crippen molar-refractivity contribution in [2.24, 2.45) is 0 Å². The van der Waals surface area contributed by atoms with Crippen molar-refractivity contribution in [2.45, 2.75) is 0 Å². The summed E-state index contributed by atoms with van der Waals surface area (Å²) in [5.74, 6) is -0.243. The quantitative estimate of drug-likeness (QED) is 0.836. The second-order valence-corrected chi connectivity index (χ2v) is 3.38. The molecule has 2 aromatic rings. The second kappa shape index (κ2) is 5.34. The fraction of sp³-hybridized carbons (Fsp3) is 0.182. The average molecular weight is 266 g/mol. The van der Waals surface area contributed by atoms with Gasteiger partial charge in [0.15, 0.2) is 5.75 Å². The van der Waals surface area contributed by atoms with Gasteiger partial charge in [-0.3, -0.25) is 0 Å². The number of nitrogens with zero attached hydrogens (tertiary/aromatic N) is 3. The van der Waals surface area contributed by atoms with E-state index in [-0.39, 0.29) is 29.5 Å². The van der Waals surface area contributed by atoms with E-state index in [1.165, 1.54) is 26.4 Å². The van der Waals surface area contributed by atoms with E-state index in [9.17, 15) is 4.39 Å². The van der Waals surface area contributed by atoms with Gasteiger partial charge in [-0.25, -0.2) is 4.39 Å². The molecule has 8 heteroatoms. The number of hydrogen-bond acceptors (Lipinski definition) is 7. The number of rotatable bonds is 4. The molecule has 0 atom stereocenters. The Kier molecular flexibility index (Phi) is 3.60. The average Bonchev–Trinajstić information content (AvgIpc) is 2.41. The predicted molar refractivity (Wildman–Crippen MR) is 63.8 cm³/mol. The van der Waals surface area contributed by atoms with Crippen molar-refractivity contribution in [3.63, 3.8) is 0 Å². The minimum atomic E-state index is -0.462. The predicted octanol–water partition coefficient (Wildman–Crippen LogP) is 1.40. The van der Waals surface area contributed by atoms with E-state index in [4.69, 9.17) is 19.9 Å². The molecule has 1 heterocycles. The van der Waals surface area contributed by atoms with Gasteiger partial charge in [0.05, 0.1) is 19.9 Å². The maximum Gasteiger partial charge on any atom is 0.331 e. The van der Waals surface area contributed by atoms with Gasteiger partial charge < -0.3 is 19.9 Å². The van der Waals surface area contributed by atoms with Gasteiger partial charge in [0.1, 0.15) is 5.82 Å². The zero-order chi connectivity index (χ0) is 13.8. The summed E-state index contributed by atoms with van der Waals surface area (Å²) >= 11 is 0.